The third-order valence-electron chi connectivity index (χ3n) is 6.55. The first-order valence-corrected chi connectivity index (χ1v) is 11.5. The number of nitrogens with zero attached hydrogens (tertiary/aromatic N) is 1. The lowest BCUT2D eigenvalue weighted by Gasteiger charge is -2.31. The van der Waals surface area contributed by atoms with Gasteiger partial charge in [0.05, 0.1) is 0 Å². The number of pyridine rings is 1. The van der Waals surface area contributed by atoms with Crippen molar-refractivity contribution in [3.63, 3.8) is 0 Å². The average molecular weight is 445 g/mol. The van der Waals surface area contributed by atoms with Crippen molar-refractivity contribution in [1.82, 2.24) is 10.3 Å². The molecule has 0 unspecified atom stereocenters. The standard InChI is InChI=1S/C27H28N2O4/c30-26(21-5-8-23(9-6-21)33-18-20-4-3-13-28-17-20)29-19-27(11-1-2-12-27)22-7-10-24-25(16-22)32-15-14-31-24/h3-10,13,16-17H,1-2,11-12,14-15,18-19H2,(H,29,30). The first-order chi connectivity index (χ1) is 16.2. The van der Waals surface area contributed by atoms with Crippen LogP contribution in [0.2, 0.25) is 0 Å². The van der Waals surface area contributed by atoms with Crippen molar-refractivity contribution in [3.8, 4) is 17.2 Å². The normalized spacial score (nSPS) is 16.2. The summed E-state index contributed by atoms with van der Waals surface area (Å²) in [6.07, 6.45) is 7.94. The molecule has 6 heteroatoms. The Labute approximate surface area is 193 Å². The maximum atomic E-state index is 12.9. The van der Waals surface area contributed by atoms with E-state index >= 15 is 0 Å². The molecule has 33 heavy (non-hydrogen) atoms. The molecule has 1 fully saturated rings. The van der Waals surface area contributed by atoms with Gasteiger partial charge in [-0.15, -0.1) is 0 Å². The summed E-state index contributed by atoms with van der Waals surface area (Å²) in [7, 11) is 0. The molecule has 1 aliphatic carbocycles. The number of nitrogens with one attached hydrogen (secondary N) is 1. The first-order valence-electron chi connectivity index (χ1n) is 11.5. The van der Waals surface area contributed by atoms with Crippen molar-refractivity contribution >= 4 is 5.91 Å². The Morgan fingerprint density at radius 2 is 1.79 bits per heavy atom. The predicted octanol–water partition coefficient (Wildman–Crippen LogP) is 4.67. The Morgan fingerprint density at radius 1 is 1.00 bits per heavy atom. The van der Waals surface area contributed by atoms with Gasteiger partial charge in [-0.25, -0.2) is 0 Å². The number of carbonyl (C=O) groups is 1. The number of fused-ring (bicyclic) bond motifs is 1. The highest BCUT2D eigenvalue weighted by Crippen LogP contribution is 2.43. The van der Waals surface area contributed by atoms with Crippen molar-refractivity contribution in [2.45, 2.75) is 37.7 Å². The van der Waals surface area contributed by atoms with E-state index in [1.54, 1.807) is 24.5 Å². The van der Waals surface area contributed by atoms with Crippen LogP contribution >= 0.6 is 0 Å². The lowest BCUT2D eigenvalue weighted by atomic mass is 9.78. The van der Waals surface area contributed by atoms with E-state index in [9.17, 15) is 4.79 Å². The number of ether oxygens (including phenoxy) is 3. The van der Waals surface area contributed by atoms with E-state index in [1.165, 1.54) is 5.56 Å². The zero-order valence-electron chi connectivity index (χ0n) is 18.6. The number of rotatable bonds is 7. The largest absolute Gasteiger partial charge is 0.489 e. The maximum Gasteiger partial charge on any atom is 0.251 e. The Balaban J connectivity index is 1.22. The highest BCUT2D eigenvalue weighted by Gasteiger charge is 2.36. The van der Waals surface area contributed by atoms with Gasteiger partial charge < -0.3 is 19.5 Å². The summed E-state index contributed by atoms with van der Waals surface area (Å²) in [6.45, 7) is 2.20. The second-order valence-electron chi connectivity index (χ2n) is 8.70. The molecule has 0 radical (unpaired) electrons. The van der Waals surface area contributed by atoms with Crippen LogP contribution in [0.25, 0.3) is 0 Å². The Hall–Kier alpha value is -3.54. The summed E-state index contributed by atoms with van der Waals surface area (Å²) in [5, 5.41) is 3.18. The number of hydrogen-bond donors (Lipinski definition) is 1. The van der Waals surface area contributed by atoms with Crippen LogP contribution < -0.4 is 19.5 Å². The Kier molecular flexibility index (Phi) is 6.15. The van der Waals surface area contributed by atoms with Gasteiger partial charge >= 0.3 is 0 Å². The van der Waals surface area contributed by atoms with Gasteiger partial charge in [0.2, 0.25) is 0 Å². The molecule has 0 bridgehead atoms. The molecule has 1 aliphatic heterocycles. The SMILES string of the molecule is O=C(NCC1(c2ccc3c(c2)OCCO3)CCCC1)c1ccc(OCc2cccnc2)cc1. The fraction of sp³-hybridized carbons (Fsp3) is 0.333. The second kappa shape index (κ2) is 9.53. The van der Waals surface area contributed by atoms with Crippen molar-refractivity contribution in [2.75, 3.05) is 19.8 Å². The van der Waals surface area contributed by atoms with Gasteiger partial charge in [-0.05, 0) is 60.9 Å². The Morgan fingerprint density at radius 3 is 2.55 bits per heavy atom. The maximum absolute atomic E-state index is 12.9. The summed E-state index contributed by atoms with van der Waals surface area (Å²) >= 11 is 0. The molecule has 1 amide bonds. The minimum atomic E-state index is -0.0716. The summed E-state index contributed by atoms with van der Waals surface area (Å²) in [5.41, 5.74) is 2.77. The lowest BCUT2D eigenvalue weighted by molar-refractivity contribution is 0.0943. The van der Waals surface area contributed by atoms with Crippen LogP contribution in [0, 0.1) is 0 Å². The van der Waals surface area contributed by atoms with E-state index in [2.05, 4.69) is 22.4 Å². The van der Waals surface area contributed by atoms with Gasteiger partial charge in [-0.1, -0.05) is 25.0 Å². The predicted molar refractivity (Wildman–Crippen MR) is 125 cm³/mol. The van der Waals surface area contributed by atoms with Gasteiger partial charge in [0, 0.05) is 35.5 Å². The molecule has 2 heterocycles. The molecule has 1 saturated carbocycles. The topological polar surface area (TPSA) is 69.7 Å². The smallest absolute Gasteiger partial charge is 0.251 e. The van der Waals surface area contributed by atoms with Crippen molar-refractivity contribution in [3.05, 3.63) is 83.7 Å². The van der Waals surface area contributed by atoms with Gasteiger partial charge in [0.15, 0.2) is 11.5 Å². The number of amides is 1. The van der Waals surface area contributed by atoms with Crippen molar-refractivity contribution < 1.29 is 19.0 Å². The van der Waals surface area contributed by atoms with E-state index in [1.807, 2.05) is 30.3 Å². The zero-order chi connectivity index (χ0) is 22.5. The van der Waals surface area contributed by atoms with Crippen LogP contribution in [0.3, 0.4) is 0 Å². The third kappa shape index (κ3) is 4.80. The quantitative estimate of drug-likeness (QED) is 0.573. The molecular formula is C27H28N2O4. The average Bonchev–Trinajstić information content (AvgIpc) is 3.37. The van der Waals surface area contributed by atoms with Crippen LogP contribution in [0.4, 0.5) is 0 Å². The van der Waals surface area contributed by atoms with E-state index < -0.39 is 0 Å². The summed E-state index contributed by atoms with van der Waals surface area (Å²) in [4.78, 5) is 17.0. The minimum absolute atomic E-state index is 0.0712. The minimum Gasteiger partial charge on any atom is -0.489 e. The van der Waals surface area contributed by atoms with Crippen molar-refractivity contribution in [2.24, 2.45) is 0 Å². The molecule has 0 saturated heterocycles. The van der Waals surface area contributed by atoms with Crippen molar-refractivity contribution in [1.29, 1.82) is 0 Å². The molecule has 2 aliphatic rings. The molecule has 6 nitrogen and oxygen atoms in total. The van der Waals surface area contributed by atoms with Crippen LogP contribution in [0.15, 0.2) is 67.0 Å². The van der Waals surface area contributed by atoms with Crippen LogP contribution in [0.1, 0.15) is 47.2 Å². The molecule has 170 valence electrons. The van der Waals surface area contributed by atoms with Crippen LogP contribution in [0.5, 0.6) is 17.2 Å². The van der Waals surface area contributed by atoms with Gasteiger partial charge in [-0.3, -0.25) is 9.78 Å². The first kappa shape index (κ1) is 21.3. The number of hydrogen-bond acceptors (Lipinski definition) is 5. The van der Waals surface area contributed by atoms with E-state index in [-0.39, 0.29) is 11.3 Å². The molecular weight excluding hydrogens is 416 g/mol. The highest BCUT2D eigenvalue weighted by atomic mass is 16.6. The highest BCUT2D eigenvalue weighted by molar-refractivity contribution is 5.94. The molecule has 1 N–H and O–H groups in total. The second-order valence-corrected chi connectivity index (χ2v) is 8.70. The van der Waals surface area contributed by atoms with Gasteiger partial charge in [0.25, 0.3) is 5.91 Å². The van der Waals surface area contributed by atoms with E-state index in [0.717, 1.165) is 48.5 Å². The molecule has 5 rings (SSSR count). The van der Waals surface area contributed by atoms with Gasteiger partial charge in [0.1, 0.15) is 25.6 Å². The molecule has 0 spiro atoms. The van der Waals surface area contributed by atoms with Gasteiger partial charge in [-0.2, -0.15) is 0 Å². The fourth-order valence-corrected chi connectivity index (χ4v) is 4.70. The van der Waals surface area contributed by atoms with E-state index in [4.69, 9.17) is 14.2 Å². The molecule has 2 aromatic carbocycles. The molecule has 0 atom stereocenters. The number of carbonyl (C=O) groups excluding carboxylic acids is 1. The number of aromatic nitrogens is 1. The lowest BCUT2D eigenvalue weighted by Crippen LogP contribution is -2.39. The molecule has 3 aromatic rings. The summed E-state index contributed by atoms with van der Waals surface area (Å²) in [6, 6.07) is 17.3. The van der Waals surface area contributed by atoms with Crippen LogP contribution in [-0.4, -0.2) is 30.6 Å². The Bertz CT molecular complexity index is 1090. The van der Waals surface area contributed by atoms with E-state index in [0.29, 0.717) is 31.9 Å². The fourth-order valence-electron chi connectivity index (χ4n) is 4.70. The molecule has 1 aromatic heterocycles. The summed E-state index contributed by atoms with van der Waals surface area (Å²) < 4.78 is 17.3. The summed E-state index contributed by atoms with van der Waals surface area (Å²) in [5.74, 6) is 2.25. The third-order valence-corrected chi connectivity index (χ3v) is 6.55. The zero-order valence-corrected chi connectivity index (χ0v) is 18.6. The number of benzene rings is 2. The van der Waals surface area contributed by atoms with Crippen LogP contribution in [-0.2, 0) is 12.0 Å². The monoisotopic (exact) mass is 444 g/mol.